The van der Waals surface area contributed by atoms with E-state index < -0.39 is 5.97 Å². The molecule has 1 N–H and O–H groups in total. The highest BCUT2D eigenvalue weighted by molar-refractivity contribution is 9.10. The highest BCUT2D eigenvalue weighted by atomic mass is 79.9. The normalized spacial score (nSPS) is 10.8. The number of aryl methyl sites for hydroxylation is 1. The lowest BCUT2D eigenvalue weighted by Crippen LogP contribution is -2.10. The number of imidazole rings is 1. The molecule has 0 aliphatic heterocycles. The fourth-order valence-electron chi connectivity index (χ4n) is 1.59. The zero-order valence-electron chi connectivity index (χ0n) is 8.07. The van der Waals surface area contributed by atoms with Crippen LogP contribution < -0.4 is 0 Å². The van der Waals surface area contributed by atoms with E-state index in [1.54, 1.807) is 11.5 Å². The fraction of sp³-hybridized carbons (Fsp3) is 0.200. The van der Waals surface area contributed by atoms with Crippen molar-refractivity contribution in [2.24, 2.45) is 0 Å². The molecule has 2 rings (SSSR count). The number of rotatable bonds is 2. The highest BCUT2D eigenvalue weighted by Gasteiger charge is 2.11. The van der Waals surface area contributed by atoms with Crippen molar-refractivity contribution in [1.82, 2.24) is 9.55 Å². The monoisotopic (exact) mass is 268 g/mol. The first-order valence-corrected chi connectivity index (χ1v) is 5.22. The Hall–Kier alpha value is -1.36. The first-order chi connectivity index (χ1) is 7.09. The number of fused-ring (bicyclic) bond motifs is 1. The molecule has 0 spiro atoms. The van der Waals surface area contributed by atoms with E-state index in [0.29, 0.717) is 5.82 Å². The molecule has 0 aliphatic rings. The molecule has 15 heavy (non-hydrogen) atoms. The van der Waals surface area contributed by atoms with Gasteiger partial charge in [-0.3, -0.25) is 4.79 Å². The number of aromatic nitrogens is 2. The molecule has 1 heterocycles. The van der Waals surface area contributed by atoms with Crippen molar-refractivity contribution in [3.63, 3.8) is 0 Å². The molecule has 0 amide bonds. The van der Waals surface area contributed by atoms with E-state index in [9.17, 15) is 4.79 Å². The summed E-state index contributed by atoms with van der Waals surface area (Å²) in [5.74, 6) is -0.160. The minimum absolute atomic E-state index is 0.0645. The van der Waals surface area contributed by atoms with E-state index >= 15 is 0 Å². The fourth-order valence-corrected chi connectivity index (χ4v) is 2.16. The van der Waals surface area contributed by atoms with Crippen LogP contribution in [0.4, 0.5) is 0 Å². The molecule has 78 valence electrons. The van der Waals surface area contributed by atoms with E-state index in [2.05, 4.69) is 20.9 Å². The average molecular weight is 269 g/mol. The number of benzene rings is 1. The minimum atomic E-state index is -0.867. The summed E-state index contributed by atoms with van der Waals surface area (Å²) in [4.78, 5) is 15.0. The van der Waals surface area contributed by atoms with Gasteiger partial charge in [-0.2, -0.15) is 0 Å². The third-order valence-electron chi connectivity index (χ3n) is 2.20. The lowest BCUT2D eigenvalue weighted by molar-refractivity contribution is -0.137. The second-order valence-electron chi connectivity index (χ2n) is 3.25. The van der Waals surface area contributed by atoms with Crippen molar-refractivity contribution in [3.8, 4) is 0 Å². The van der Waals surface area contributed by atoms with Crippen LogP contribution in [0.25, 0.3) is 11.0 Å². The van der Waals surface area contributed by atoms with Crippen LogP contribution in [-0.4, -0.2) is 20.6 Å². The number of para-hydroxylation sites is 1. The highest BCUT2D eigenvalue weighted by Crippen LogP contribution is 2.24. The van der Waals surface area contributed by atoms with Crippen LogP contribution in [0.2, 0.25) is 0 Å². The molecular weight excluding hydrogens is 260 g/mol. The van der Waals surface area contributed by atoms with Gasteiger partial charge in [0.25, 0.3) is 0 Å². The summed E-state index contributed by atoms with van der Waals surface area (Å²) in [6.07, 6.45) is 0. The van der Waals surface area contributed by atoms with Crippen LogP contribution in [0.5, 0.6) is 0 Å². The summed E-state index contributed by atoms with van der Waals surface area (Å²) in [6, 6.07) is 5.62. The third kappa shape index (κ3) is 1.74. The maximum atomic E-state index is 10.7. The summed E-state index contributed by atoms with van der Waals surface area (Å²) in [5.41, 5.74) is 1.64. The number of hydrogen-bond acceptors (Lipinski definition) is 2. The number of aliphatic carboxylic acids is 1. The Balaban J connectivity index is 2.71. The van der Waals surface area contributed by atoms with Crippen molar-refractivity contribution >= 4 is 32.9 Å². The molecule has 0 unspecified atom stereocenters. The lowest BCUT2D eigenvalue weighted by atomic mass is 10.3. The Labute approximate surface area is 94.7 Å². The van der Waals surface area contributed by atoms with Crippen molar-refractivity contribution in [2.45, 2.75) is 13.5 Å². The predicted molar refractivity (Wildman–Crippen MR) is 59.8 cm³/mol. The summed E-state index contributed by atoms with van der Waals surface area (Å²) >= 11 is 3.40. The van der Waals surface area contributed by atoms with Crippen molar-refractivity contribution in [3.05, 3.63) is 28.5 Å². The molecule has 1 aromatic heterocycles. The molecule has 0 fully saturated rings. The molecule has 0 saturated carbocycles. The van der Waals surface area contributed by atoms with Gasteiger partial charge in [0.05, 0.1) is 11.0 Å². The van der Waals surface area contributed by atoms with E-state index in [1.165, 1.54) is 0 Å². The van der Waals surface area contributed by atoms with Gasteiger partial charge < -0.3 is 9.67 Å². The number of carboxylic acid groups (broad SMARTS) is 1. The topological polar surface area (TPSA) is 55.1 Å². The first-order valence-electron chi connectivity index (χ1n) is 4.42. The van der Waals surface area contributed by atoms with Crippen LogP contribution >= 0.6 is 15.9 Å². The van der Waals surface area contributed by atoms with Crippen molar-refractivity contribution < 1.29 is 9.90 Å². The zero-order valence-corrected chi connectivity index (χ0v) is 9.65. The largest absolute Gasteiger partial charge is 0.480 e. The molecule has 2 aromatic rings. The van der Waals surface area contributed by atoms with Gasteiger partial charge in [0, 0.05) is 4.47 Å². The van der Waals surface area contributed by atoms with E-state index in [0.717, 1.165) is 15.5 Å². The SMILES string of the molecule is Cc1nc2cccc(Br)c2n1CC(=O)O. The van der Waals surface area contributed by atoms with Crippen molar-refractivity contribution in [2.75, 3.05) is 0 Å². The third-order valence-corrected chi connectivity index (χ3v) is 2.84. The van der Waals surface area contributed by atoms with Gasteiger partial charge >= 0.3 is 5.97 Å². The van der Waals surface area contributed by atoms with E-state index in [4.69, 9.17) is 5.11 Å². The molecule has 0 aliphatic carbocycles. The quantitative estimate of drug-likeness (QED) is 0.909. The molecule has 0 bridgehead atoms. The number of halogens is 1. The Morgan fingerprint density at radius 3 is 3.00 bits per heavy atom. The van der Waals surface area contributed by atoms with E-state index in [1.807, 2.05) is 18.2 Å². The van der Waals surface area contributed by atoms with Gasteiger partial charge in [0.15, 0.2) is 0 Å². The minimum Gasteiger partial charge on any atom is -0.480 e. The molecular formula is C10H9BrN2O2. The summed E-state index contributed by atoms with van der Waals surface area (Å²) in [7, 11) is 0. The molecule has 0 atom stereocenters. The standard InChI is InChI=1S/C10H9BrN2O2/c1-6-12-8-4-2-3-7(11)10(8)13(6)5-9(14)15/h2-4H,5H2,1H3,(H,14,15). The zero-order chi connectivity index (χ0) is 11.0. The molecule has 5 heteroatoms. The Morgan fingerprint density at radius 1 is 1.60 bits per heavy atom. The summed E-state index contributed by atoms with van der Waals surface area (Å²) in [6.45, 7) is 1.74. The Bertz CT molecular complexity index is 533. The van der Waals surface area contributed by atoms with Crippen LogP contribution in [0.3, 0.4) is 0 Å². The van der Waals surface area contributed by atoms with Gasteiger partial charge in [-0.15, -0.1) is 0 Å². The molecule has 0 saturated heterocycles. The van der Waals surface area contributed by atoms with Gasteiger partial charge in [-0.1, -0.05) is 6.07 Å². The van der Waals surface area contributed by atoms with Crippen molar-refractivity contribution in [1.29, 1.82) is 0 Å². The average Bonchev–Trinajstić information content (AvgIpc) is 2.43. The van der Waals surface area contributed by atoms with Crippen LogP contribution in [0.15, 0.2) is 22.7 Å². The Morgan fingerprint density at radius 2 is 2.33 bits per heavy atom. The number of nitrogens with zero attached hydrogens (tertiary/aromatic N) is 2. The lowest BCUT2D eigenvalue weighted by Gasteiger charge is -2.03. The Kier molecular flexibility index (Phi) is 2.48. The first kappa shape index (κ1) is 10.2. The molecule has 0 radical (unpaired) electrons. The van der Waals surface area contributed by atoms with E-state index in [-0.39, 0.29) is 6.54 Å². The number of carbonyl (C=O) groups is 1. The second kappa shape index (κ2) is 3.66. The number of carboxylic acids is 1. The van der Waals surface area contributed by atoms with Crippen LogP contribution in [0.1, 0.15) is 5.82 Å². The van der Waals surface area contributed by atoms with Gasteiger partial charge in [0.2, 0.25) is 0 Å². The molecule has 4 nitrogen and oxygen atoms in total. The second-order valence-corrected chi connectivity index (χ2v) is 4.10. The number of hydrogen-bond donors (Lipinski definition) is 1. The smallest absolute Gasteiger partial charge is 0.323 e. The van der Waals surface area contributed by atoms with Gasteiger partial charge in [-0.25, -0.2) is 4.98 Å². The predicted octanol–water partition coefficient (Wildman–Crippen LogP) is 2.19. The maximum Gasteiger partial charge on any atom is 0.323 e. The maximum absolute atomic E-state index is 10.7. The molecule has 1 aromatic carbocycles. The summed E-state index contributed by atoms with van der Waals surface area (Å²) < 4.78 is 2.55. The summed E-state index contributed by atoms with van der Waals surface area (Å²) in [5, 5.41) is 8.80. The van der Waals surface area contributed by atoms with Gasteiger partial charge in [0.1, 0.15) is 12.4 Å². The van der Waals surface area contributed by atoms with Crippen LogP contribution in [-0.2, 0) is 11.3 Å². The van der Waals surface area contributed by atoms with Gasteiger partial charge in [-0.05, 0) is 35.0 Å². The van der Waals surface area contributed by atoms with Crippen LogP contribution in [0, 0.1) is 6.92 Å².